The molecule has 2 atom stereocenters. The average molecular weight is 363 g/mol. The molecule has 0 N–H and O–H groups in total. The van der Waals surface area contributed by atoms with Crippen molar-refractivity contribution in [2.24, 2.45) is 11.8 Å². The van der Waals surface area contributed by atoms with Gasteiger partial charge in [-0.15, -0.1) is 0 Å². The van der Waals surface area contributed by atoms with E-state index in [1.807, 2.05) is 24.0 Å². The lowest BCUT2D eigenvalue weighted by Gasteiger charge is -2.21. The molecule has 2 fully saturated rings. The number of hydrogen-bond donors (Lipinski definition) is 0. The van der Waals surface area contributed by atoms with Crippen molar-refractivity contribution in [3.8, 4) is 0 Å². The maximum atomic E-state index is 13.5. The Bertz CT molecular complexity index is 774. The van der Waals surface area contributed by atoms with Gasteiger partial charge in [-0.2, -0.15) is 9.78 Å². The van der Waals surface area contributed by atoms with E-state index >= 15 is 0 Å². The molecular weight excluding hydrogens is 343 g/mol. The van der Waals surface area contributed by atoms with Crippen LogP contribution in [0.5, 0.6) is 0 Å². The number of amides is 1. The Hall–Kier alpha value is -1.92. The Morgan fingerprint density at radius 1 is 1.24 bits per heavy atom. The van der Waals surface area contributed by atoms with Crippen LogP contribution < -0.4 is 0 Å². The first-order valence-corrected chi connectivity index (χ1v) is 8.84. The summed E-state index contributed by atoms with van der Waals surface area (Å²) in [6.07, 6.45) is 1.71. The summed E-state index contributed by atoms with van der Waals surface area (Å²) in [6, 6.07) is 6.46. The number of benzene rings is 1. The number of nitrogens with zero attached hydrogens (tertiary/aromatic N) is 4. The van der Waals surface area contributed by atoms with Gasteiger partial charge in [-0.3, -0.25) is 4.90 Å². The second-order valence-electron chi connectivity index (χ2n) is 7.08. The molecule has 25 heavy (non-hydrogen) atoms. The second-order valence-corrected chi connectivity index (χ2v) is 7.52. The molecular formula is C18H20ClFN4O. The normalized spacial score (nSPS) is 23.2. The van der Waals surface area contributed by atoms with E-state index in [-0.39, 0.29) is 11.8 Å². The summed E-state index contributed by atoms with van der Waals surface area (Å²) in [4.78, 5) is 16.7. The van der Waals surface area contributed by atoms with Crippen molar-refractivity contribution < 1.29 is 9.18 Å². The van der Waals surface area contributed by atoms with Crippen molar-refractivity contribution in [3.63, 3.8) is 0 Å². The molecule has 0 radical (unpaired) electrons. The highest BCUT2D eigenvalue weighted by atomic mass is 35.5. The summed E-state index contributed by atoms with van der Waals surface area (Å²) in [5, 5.41) is 4.63. The van der Waals surface area contributed by atoms with Crippen LogP contribution in [0.4, 0.5) is 9.18 Å². The second kappa shape index (κ2) is 6.42. The van der Waals surface area contributed by atoms with E-state index in [1.54, 1.807) is 6.20 Å². The van der Waals surface area contributed by atoms with Gasteiger partial charge in [0.25, 0.3) is 0 Å². The maximum Gasteiger partial charge on any atom is 0.344 e. The SMILES string of the molecule is Cc1ccn(C(=O)N2CC3CN(Cc4cc(F)cc(Cl)c4)CC3C2)n1. The molecule has 1 aromatic heterocycles. The third kappa shape index (κ3) is 3.41. The first kappa shape index (κ1) is 16.5. The fourth-order valence-electron chi connectivity index (χ4n) is 4.00. The van der Waals surface area contributed by atoms with Crippen LogP contribution >= 0.6 is 11.6 Å². The molecule has 5 nitrogen and oxygen atoms in total. The molecule has 2 unspecified atom stereocenters. The van der Waals surface area contributed by atoms with Crippen LogP contribution in [0, 0.1) is 24.6 Å². The summed E-state index contributed by atoms with van der Waals surface area (Å²) in [5.41, 5.74) is 1.73. The third-order valence-electron chi connectivity index (χ3n) is 5.08. The zero-order valence-corrected chi connectivity index (χ0v) is 14.8. The van der Waals surface area contributed by atoms with Crippen molar-refractivity contribution in [1.82, 2.24) is 19.6 Å². The third-order valence-corrected chi connectivity index (χ3v) is 5.30. The fraction of sp³-hybridized carbons (Fsp3) is 0.444. The Labute approximate surface area is 151 Å². The van der Waals surface area contributed by atoms with Gasteiger partial charge in [0.1, 0.15) is 5.82 Å². The van der Waals surface area contributed by atoms with Gasteiger partial charge in [0.2, 0.25) is 0 Å². The molecule has 0 bridgehead atoms. The molecule has 0 saturated carbocycles. The van der Waals surface area contributed by atoms with Crippen molar-refractivity contribution in [3.05, 3.63) is 52.6 Å². The Morgan fingerprint density at radius 3 is 2.56 bits per heavy atom. The number of carbonyl (C=O) groups excluding carboxylic acids is 1. The van der Waals surface area contributed by atoms with E-state index in [0.29, 0.717) is 23.4 Å². The van der Waals surface area contributed by atoms with Gasteiger partial charge in [-0.05, 0) is 48.6 Å². The highest BCUT2D eigenvalue weighted by Gasteiger charge is 2.41. The van der Waals surface area contributed by atoms with Gasteiger partial charge in [0, 0.05) is 43.9 Å². The monoisotopic (exact) mass is 362 g/mol. The number of carbonyl (C=O) groups is 1. The highest BCUT2D eigenvalue weighted by molar-refractivity contribution is 6.30. The summed E-state index contributed by atoms with van der Waals surface area (Å²) >= 11 is 5.93. The topological polar surface area (TPSA) is 41.4 Å². The van der Waals surface area contributed by atoms with Crippen LogP contribution in [-0.4, -0.2) is 51.8 Å². The fourth-order valence-corrected chi connectivity index (χ4v) is 4.25. The number of fused-ring (bicyclic) bond motifs is 1. The first-order chi connectivity index (χ1) is 12.0. The Kier molecular flexibility index (Phi) is 4.25. The molecule has 1 aromatic carbocycles. The highest BCUT2D eigenvalue weighted by Crippen LogP contribution is 2.32. The van der Waals surface area contributed by atoms with Gasteiger partial charge in [0.05, 0.1) is 5.69 Å². The lowest BCUT2D eigenvalue weighted by atomic mass is 10.0. The minimum Gasteiger partial charge on any atom is -0.322 e. The van der Waals surface area contributed by atoms with Crippen molar-refractivity contribution in [1.29, 1.82) is 0 Å². The lowest BCUT2D eigenvalue weighted by molar-refractivity contribution is 0.197. The predicted octanol–water partition coefficient (Wildman–Crippen LogP) is 3.02. The number of aryl methyl sites for hydroxylation is 1. The molecule has 3 heterocycles. The van der Waals surface area contributed by atoms with Crippen LogP contribution in [0.2, 0.25) is 5.02 Å². The molecule has 2 aliphatic rings. The quantitative estimate of drug-likeness (QED) is 0.824. The minimum absolute atomic E-state index is 0.0500. The molecule has 2 aliphatic heterocycles. The molecule has 7 heteroatoms. The minimum atomic E-state index is -0.298. The van der Waals surface area contributed by atoms with Gasteiger partial charge in [-0.1, -0.05) is 11.6 Å². The van der Waals surface area contributed by atoms with Crippen LogP contribution in [0.3, 0.4) is 0 Å². The smallest absolute Gasteiger partial charge is 0.322 e. The van der Waals surface area contributed by atoms with E-state index in [2.05, 4.69) is 10.00 Å². The zero-order valence-electron chi connectivity index (χ0n) is 14.0. The number of hydrogen-bond acceptors (Lipinski definition) is 3. The lowest BCUT2D eigenvalue weighted by Crippen LogP contribution is -2.36. The standard InChI is InChI=1S/C18H20ClFN4O/c1-12-2-3-24(21-12)18(25)23-10-14-8-22(9-15(14)11-23)7-13-4-16(19)6-17(20)5-13/h2-6,14-15H,7-11H2,1H3. The number of aromatic nitrogens is 2. The molecule has 0 spiro atoms. The number of likely N-dealkylation sites (tertiary alicyclic amines) is 2. The van der Waals surface area contributed by atoms with Crippen LogP contribution in [0.25, 0.3) is 0 Å². The number of halogens is 2. The van der Waals surface area contributed by atoms with E-state index in [4.69, 9.17) is 11.6 Å². The molecule has 1 amide bonds. The van der Waals surface area contributed by atoms with Crippen molar-refractivity contribution >= 4 is 17.6 Å². The first-order valence-electron chi connectivity index (χ1n) is 8.47. The van der Waals surface area contributed by atoms with Gasteiger partial charge < -0.3 is 4.90 Å². The van der Waals surface area contributed by atoms with Gasteiger partial charge in [0.15, 0.2) is 0 Å². The van der Waals surface area contributed by atoms with Gasteiger partial charge in [-0.25, -0.2) is 9.18 Å². The van der Waals surface area contributed by atoms with E-state index < -0.39 is 0 Å². The van der Waals surface area contributed by atoms with Crippen LogP contribution in [0.15, 0.2) is 30.5 Å². The van der Waals surface area contributed by atoms with Crippen molar-refractivity contribution in [2.45, 2.75) is 13.5 Å². The van der Waals surface area contributed by atoms with E-state index in [9.17, 15) is 9.18 Å². The number of rotatable bonds is 2. The van der Waals surface area contributed by atoms with Crippen molar-refractivity contribution in [2.75, 3.05) is 26.2 Å². The average Bonchev–Trinajstić information content (AvgIpc) is 3.20. The summed E-state index contributed by atoms with van der Waals surface area (Å²) in [5.74, 6) is 0.627. The maximum absolute atomic E-state index is 13.5. The largest absolute Gasteiger partial charge is 0.344 e. The van der Waals surface area contributed by atoms with Crippen LogP contribution in [-0.2, 0) is 6.54 Å². The molecule has 2 aromatic rings. The van der Waals surface area contributed by atoms with Crippen LogP contribution in [0.1, 0.15) is 11.3 Å². The van der Waals surface area contributed by atoms with E-state index in [0.717, 1.165) is 37.4 Å². The summed E-state index contributed by atoms with van der Waals surface area (Å²) in [6.45, 7) is 5.91. The molecule has 0 aliphatic carbocycles. The summed E-state index contributed by atoms with van der Waals surface area (Å²) in [7, 11) is 0. The Morgan fingerprint density at radius 2 is 1.96 bits per heavy atom. The Balaban J connectivity index is 1.36. The summed E-state index contributed by atoms with van der Waals surface area (Å²) < 4.78 is 14.9. The predicted molar refractivity (Wildman–Crippen MR) is 93.0 cm³/mol. The molecule has 2 saturated heterocycles. The molecule has 4 rings (SSSR count). The zero-order chi connectivity index (χ0) is 17.6. The van der Waals surface area contributed by atoms with Gasteiger partial charge >= 0.3 is 6.03 Å². The molecule has 132 valence electrons. The van der Waals surface area contributed by atoms with E-state index in [1.165, 1.54) is 16.8 Å².